The van der Waals surface area contributed by atoms with Gasteiger partial charge in [-0.2, -0.15) is 0 Å². The van der Waals surface area contributed by atoms with E-state index in [2.05, 4.69) is 35.4 Å². The molecule has 2 rings (SSSR count). The van der Waals surface area contributed by atoms with Crippen LogP contribution in [-0.4, -0.2) is 13.1 Å². The summed E-state index contributed by atoms with van der Waals surface area (Å²) in [5.74, 6) is 0. The van der Waals surface area contributed by atoms with E-state index in [0.29, 0.717) is 11.6 Å². The Bertz CT molecular complexity index is 388. The number of benzene rings is 1. The molecule has 2 nitrogen and oxygen atoms in total. The molecule has 0 atom stereocenters. The Kier molecular flexibility index (Phi) is 3.86. The first-order chi connectivity index (χ1) is 7.77. The molecule has 1 aromatic carbocycles. The van der Waals surface area contributed by atoms with E-state index in [0.717, 1.165) is 13.1 Å². The van der Waals surface area contributed by atoms with Crippen LogP contribution in [0.1, 0.15) is 17.5 Å². The smallest absolute Gasteiger partial charge is 0.0418 e. The SMILES string of the molecule is C=C(Cl)CNCc1cccc2c1NCCC2. The van der Waals surface area contributed by atoms with Crippen LogP contribution in [0.4, 0.5) is 5.69 Å². The standard InChI is InChI=1S/C13H17ClN2/c1-10(14)8-15-9-12-5-2-4-11-6-3-7-16-13(11)12/h2,4-5,15-16H,1,3,6-9H2. The molecule has 0 amide bonds. The second kappa shape index (κ2) is 5.37. The van der Waals surface area contributed by atoms with Crippen molar-refractivity contribution < 1.29 is 0 Å². The van der Waals surface area contributed by atoms with Crippen molar-refractivity contribution in [1.29, 1.82) is 0 Å². The third-order valence-electron chi connectivity index (χ3n) is 2.79. The van der Waals surface area contributed by atoms with Crippen molar-refractivity contribution in [2.24, 2.45) is 0 Å². The Hall–Kier alpha value is -0.990. The average Bonchev–Trinajstić information content (AvgIpc) is 2.29. The highest BCUT2D eigenvalue weighted by atomic mass is 35.5. The highest BCUT2D eigenvalue weighted by Gasteiger charge is 2.11. The summed E-state index contributed by atoms with van der Waals surface area (Å²) in [4.78, 5) is 0. The van der Waals surface area contributed by atoms with Gasteiger partial charge in [-0.3, -0.25) is 0 Å². The van der Waals surface area contributed by atoms with Crippen LogP contribution >= 0.6 is 11.6 Å². The topological polar surface area (TPSA) is 24.1 Å². The minimum atomic E-state index is 0.651. The van der Waals surface area contributed by atoms with Gasteiger partial charge in [-0.25, -0.2) is 0 Å². The van der Waals surface area contributed by atoms with Crippen molar-refractivity contribution in [3.05, 3.63) is 40.9 Å². The number of rotatable bonds is 4. The van der Waals surface area contributed by atoms with Gasteiger partial charge in [0.15, 0.2) is 0 Å². The van der Waals surface area contributed by atoms with E-state index in [1.807, 2.05) is 0 Å². The molecule has 3 heteroatoms. The molecule has 0 saturated carbocycles. The Morgan fingerprint density at radius 2 is 2.38 bits per heavy atom. The first-order valence-corrected chi connectivity index (χ1v) is 6.04. The summed E-state index contributed by atoms with van der Waals surface area (Å²) in [6.07, 6.45) is 2.40. The van der Waals surface area contributed by atoms with E-state index in [9.17, 15) is 0 Å². The summed E-state index contributed by atoms with van der Waals surface area (Å²) in [5, 5.41) is 7.40. The molecule has 0 bridgehead atoms. The Morgan fingerprint density at radius 1 is 1.50 bits per heavy atom. The lowest BCUT2D eigenvalue weighted by atomic mass is 9.99. The summed E-state index contributed by atoms with van der Waals surface area (Å²) < 4.78 is 0. The monoisotopic (exact) mass is 236 g/mol. The minimum Gasteiger partial charge on any atom is -0.385 e. The maximum absolute atomic E-state index is 5.71. The molecule has 2 N–H and O–H groups in total. The van der Waals surface area contributed by atoms with Crippen LogP contribution in [-0.2, 0) is 13.0 Å². The van der Waals surface area contributed by atoms with Crippen LogP contribution in [0.3, 0.4) is 0 Å². The zero-order chi connectivity index (χ0) is 11.4. The number of aryl methyl sites for hydroxylation is 1. The first kappa shape index (κ1) is 11.5. The zero-order valence-electron chi connectivity index (χ0n) is 9.35. The fourth-order valence-corrected chi connectivity index (χ4v) is 2.16. The molecule has 16 heavy (non-hydrogen) atoms. The second-order valence-electron chi connectivity index (χ2n) is 4.10. The van der Waals surface area contributed by atoms with E-state index in [1.54, 1.807) is 0 Å². The van der Waals surface area contributed by atoms with Gasteiger partial charge in [0.25, 0.3) is 0 Å². The molecule has 0 radical (unpaired) electrons. The summed E-state index contributed by atoms with van der Waals surface area (Å²) in [6.45, 7) is 6.23. The number of para-hydroxylation sites is 1. The van der Waals surface area contributed by atoms with Crippen LogP contribution in [0.5, 0.6) is 0 Å². The highest BCUT2D eigenvalue weighted by molar-refractivity contribution is 6.29. The normalized spacial score (nSPS) is 14.1. The number of hydrogen-bond acceptors (Lipinski definition) is 2. The van der Waals surface area contributed by atoms with Crippen LogP contribution < -0.4 is 10.6 Å². The molecule has 1 aliphatic rings. The fourth-order valence-electron chi connectivity index (χ4n) is 2.06. The van der Waals surface area contributed by atoms with Crippen LogP contribution in [0.15, 0.2) is 29.8 Å². The molecule has 0 spiro atoms. The molecule has 1 aliphatic heterocycles. The predicted molar refractivity (Wildman–Crippen MR) is 70.0 cm³/mol. The van der Waals surface area contributed by atoms with Gasteiger partial charge < -0.3 is 10.6 Å². The number of fused-ring (bicyclic) bond motifs is 1. The first-order valence-electron chi connectivity index (χ1n) is 5.66. The van der Waals surface area contributed by atoms with E-state index in [1.165, 1.54) is 29.7 Å². The number of hydrogen-bond donors (Lipinski definition) is 2. The number of anilines is 1. The van der Waals surface area contributed by atoms with Crippen LogP contribution in [0.25, 0.3) is 0 Å². The Balaban J connectivity index is 2.05. The molecule has 0 unspecified atom stereocenters. The largest absolute Gasteiger partial charge is 0.385 e. The second-order valence-corrected chi connectivity index (χ2v) is 4.64. The van der Waals surface area contributed by atoms with Gasteiger partial charge in [-0.05, 0) is 24.0 Å². The summed E-state index contributed by atoms with van der Waals surface area (Å²) in [7, 11) is 0. The molecule has 0 saturated heterocycles. The van der Waals surface area contributed by atoms with Gasteiger partial charge >= 0.3 is 0 Å². The third-order valence-corrected chi connectivity index (χ3v) is 2.93. The fraction of sp³-hybridized carbons (Fsp3) is 0.385. The molecule has 1 aromatic rings. The molecule has 0 fully saturated rings. The quantitative estimate of drug-likeness (QED) is 0.840. The lowest BCUT2D eigenvalue weighted by Gasteiger charge is -2.21. The van der Waals surface area contributed by atoms with Gasteiger partial charge in [0.1, 0.15) is 0 Å². The van der Waals surface area contributed by atoms with Crippen molar-refractivity contribution in [3.63, 3.8) is 0 Å². The van der Waals surface area contributed by atoms with Gasteiger partial charge in [-0.1, -0.05) is 36.4 Å². The van der Waals surface area contributed by atoms with Crippen molar-refractivity contribution in [1.82, 2.24) is 5.32 Å². The summed E-state index contributed by atoms with van der Waals surface area (Å²) >= 11 is 5.71. The van der Waals surface area contributed by atoms with E-state index in [-0.39, 0.29) is 0 Å². The lowest BCUT2D eigenvalue weighted by Crippen LogP contribution is -2.19. The zero-order valence-corrected chi connectivity index (χ0v) is 10.1. The molecular formula is C13H17ClN2. The molecule has 0 aromatic heterocycles. The molecule has 0 aliphatic carbocycles. The van der Waals surface area contributed by atoms with Gasteiger partial charge in [0.2, 0.25) is 0 Å². The van der Waals surface area contributed by atoms with Gasteiger partial charge in [0.05, 0.1) is 0 Å². The molecule has 1 heterocycles. The third kappa shape index (κ3) is 2.77. The van der Waals surface area contributed by atoms with E-state index >= 15 is 0 Å². The molecule has 86 valence electrons. The average molecular weight is 237 g/mol. The van der Waals surface area contributed by atoms with Crippen molar-refractivity contribution in [3.8, 4) is 0 Å². The maximum atomic E-state index is 5.71. The van der Waals surface area contributed by atoms with E-state index < -0.39 is 0 Å². The highest BCUT2D eigenvalue weighted by Crippen LogP contribution is 2.25. The van der Waals surface area contributed by atoms with Gasteiger partial charge in [-0.15, -0.1) is 0 Å². The number of halogens is 1. The van der Waals surface area contributed by atoms with Crippen LogP contribution in [0.2, 0.25) is 0 Å². The lowest BCUT2D eigenvalue weighted by molar-refractivity contribution is 0.746. The summed E-state index contributed by atoms with van der Waals surface area (Å²) in [5.41, 5.74) is 4.05. The van der Waals surface area contributed by atoms with Crippen molar-refractivity contribution in [2.75, 3.05) is 18.4 Å². The van der Waals surface area contributed by atoms with E-state index in [4.69, 9.17) is 11.6 Å². The van der Waals surface area contributed by atoms with Gasteiger partial charge in [0, 0.05) is 30.4 Å². The maximum Gasteiger partial charge on any atom is 0.0418 e. The Labute approximate surface area is 102 Å². The molecular weight excluding hydrogens is 220 g/mol. The minimum absolute atomic E-state index is 0.651. The predicted octanol–water partition coefficient (Wildman–Crippen LogP) is 2.89. The van der Waals surface area contributed by atoms with Crippen LogP contribution in [0, 0.1) is 0 Å². The van der Waals surface area contributed by atoms with Crippen molar-refractivity contribution >= 4 is 17.3 Å². The summed E-state index contributed by atoms with van der Waals surface area (Å²) in [6, 6.07) is 6.48. The Morgan fingerprint density at radius 3 is 3.19 bits per heavy atom. The van der Waals surface area contributed by atoms with Crippen molar-refractivity contribution in [2.45, 2.75) is 19.4 Å². The number of nitrogens with one attached hydrogen (secondary N) is 2.